The van der Waals surface area contributed by atoms with Gasteiger partial charge in [0, 0.05) is 6.04 Å². The zero-order valence-corrected chi connectivity index (χ0v) is 13.1. The SMILES string of the molecule is CC(C)(C)C1CCCCC1NCCc1cccc(F)c1. The first kappa shape index (κ1) is 15.5. The fourth-order valence-electron chi connectivity index (χ4n) is 3.51. The second-order valence-electron chi connectivity index (χ2n) is 7.20. The van der Waals surface area contributed by atoms with E-state index in [-0.39, 0.29) is 5.82 Å². The fourth-order valence-corrected chi connectivity index (χ4v) is 3.51. The van der Waals surface area contributed by atoms with Crippen molar-refractivity contribution in [2.24, 2.45) is 11.3 Å². The normalized spacial score (nSPS) is 23.8. The van der Waals surface area contributed by atoms with Gasteiger partial charge in [-0.3, -0.25) is 0 Å². The van der Waals surface area contributed by atoms with Gasteiger partial charge >= 0.3 is 0 Å². The molecule has 1 N–H and O–H groups in total. The monoisotopic (exact) mass is 277 g/mol. The molecule has 1 aromatic rings. The average molecular weight is 277 g/mol. The van der Waals surface area contributed by atoms with E-state index < -0.39 is 0 Å². The lowest BCUT2D eigenvalue weighted by atomic mass is 9.69. The van der Waals surface area contributed by atoms with E-state index in [1.54, 1.807) is 12.1 Å². The van der Waals surface area contributed by atoms with Crippen molar-refractivity contribution >= 4 is 0 Å². The standard InChI is InChI=1S/C18H28FN/c1-18(2,3)16-9-4-5-10-17(16)20-12-11-14-7-6-8-15(19)13-14/h6-8,13,16-17,20H,4-5,9-12H2,1-3H3. The van der Waals surface area contributed by atoms with Gasteiger partial charge in [0.2, 0.25) is 0 Å². The maximum atomic E-state index is 13.1. The lowest BCUT2D eigenvalue weighted by Gasteiger charge is -2.41. The first-order chi connectivity index (χ1) is 9.47. The summed E-state index contributed by atoms with van der Waals surface area (Å²) in [5, 5.41) is 3.72. The van der Waals surface area contributed by atoms with Gasteiger partial charge in [0.15, 0.2) is 0 Å². The molecule has 1 saturated carbocycles. The van der Waals surface area contributed by atoms with Gasteiger partial charge < -0.3 is 5.32 Å². The van der Waals surface area contributed by atoms with Crippen molar-refractivity contribution in [3.63, 3.8) is 0 Å². The number of benzene rings is 1. The summed E-state index contributed by atoms with van der Waals surface area (Å²) in [4.78, 5) is 0. The second-order valence-corrected chi connectivity index (χ2v) is 7.20. The van der Waals surface area contributed by atoms with Crippen LogP contribution in [0.4, 0.5) is 4.39 Å². The van der Waals surface area contributed by atoms with Crippen molar-refractivity contribution in [3.05, 3.63) is 35.6 Å². The molecule has 0 aromatic heterocycles. The van der Waals surface area contributed by atoms with Crippen LogP contribution < -0.4 is 5.32 Å². The predicted molar refractivity (Wildman–Crippen MR) is 83.3 cm³/mol. The fraction of sp³-hybridized carbons (Fsp3) is 0.667. The lowest BCUT2D eigenvalue weighted by Crippen LogP contribution is -2.44. The highest BCUT2D eigenvalue weighted by molar-refractivity contribution is 5.16. The molecule has 2 heteroatoms. The summed E-state index contributed by atoms with van der Waals surface area (Å²) in [5.41, 5.74) is 1.46. The number of rotatable bonds is 4. The Balaban J connectivity index is 1.85. The van der Waals surface area contributed by atoms with E-state index in [4.69, 9.17) is 0 Å². The number of halogens is 1. The van der Waals surface area contributed by atoms with Crippen molar-refractivity contribution in [2.45, 2.75) is 58.9 Å². The molecule has 20 heavy (non-hydrogen) atoms. The van der Waals surface area contributed by atoms with E-state index in [0.717, 1.165) is 24.4 Å². The van der Waals surface area contributed by atoms with Crippen LogP contribution in [0.3, 0.4) is 0 Å². The van der Waals surface area contributed by atoms with Crippen LogP contribution in [0.15, 0.2) is 24.3 Å². The molecule has 1 aliphatic rings. The zero-order valence-electron chi connectivity index (χ0n) is 13.1. The van der Waals surface area contributed by atoms with Crippen molar-refractivity contribution in [3.8, 4) is 0 Å². The van der Waals surface area contributed by atoms with Crippen LogP contribution in [0.2, 0.25) is 0 Å². The van der Waals surface area contributed by atoms with Gasteiger partial charge in [-0.15, -0.1) is 0 Å². The molecule has 0 saturated heterocycles. The summed E-state index contributed by atoms with van der Waals surface area (Å²) in [7, 11) is 0. The first-order valence-corrected chi connectivity index (χ1v) is 7.94. The highest BCUT2D eigenvalue weighted by atomic mass is 19.1. The molecule has 2 atom stereocenters. The maximum absolute atomic E-state index is 13.1. The minimum Gasteiger partial charge on any atom is -0.313 e. The van der Waals surface area contributed by atoms with E-state index in [2.05, 4.69) is 26.1 Å². The molecule has 0 aliphatic heterocycles. The van der Waals surface area contributed by atoms with Crippen LogP contribution in [-0.2, 0) is 6.42 Å². The molecule has 2 rings (SSSR count). The minimum atomic E-state index is -0.132. The average Bonchev–Trinajstić information content (AvgIpc) is 2.38. The molecule has 0 heterocycles. The van der Waals surface area contributed by atoms with Gasteiger partial charge in [-0.25, -0.2) is 4.39 Å². The molecular weight excluding hydrogens is 249 g/mol. The highest BCUT2D eigenvalue weighted by Gasteiger charge is 2.33. The van der Waals surface area contributed by atoms with E-state index in [9.17, 15) is 4.39 Å². The Hall–Kier alpha value is -0.890. The third kappa shape index (κ3) is 4.31. The molecule has 1 fully saturated rings. The van der Waals surface area contributed by atoms with Crippen LogP contribution in [0.5, 0.6) is 0 Å². The maximum Gasteiger partial charge on any atom is 0.123 e. The third-order valence-corrected chi connectivity index (χ3v) is 4.59. The smallest absolute Gasteiger partial charge is 0.123 e. The topological polar surface area (TPSA) is 12.0 Å². The zero-order chi connectivity index (χ0) is 14.6. The molecule has 2 unspecified atom stereocenters. The van der Waals surface area contributed by atoms with Crippen molar-refractivity contribution < 1.29 is 4.39 Å². The number of hydrogen-bond donors (Lipinski definition) is 1. The van der Waals surface area contributed by atoms with E-state index in [1.807, 2.05) is 6.07 Å². The molecule has 0 amide bonds. The van der Waals surface area contributed by atoms with E-state index in [0.29, 0.717) is 11.5 Å². The Labute approximate surface area is 123 Å². The lowest BCUT2D eigenvalue weighted by molar-refractivity contribution is 0.131. The molecule has 0 spiro atoms. The minimum absolute atomic E-state index is 0.132. The number of nitrogens with one attached hydrogen (secondary N) is 1. The third-order valence-electron chi connectivity index (χ3n) is 4.59. The molecule has 0 radical (unpaired) electrons. The first-order valence-electron chi connectivity index (χ1n) is 7.94. The molecule has 1 aromatic carbocycles. The van der Waals surface area contributed by atoms with Gasteiger partial charge in [-0.1, -0.05) is 45.7 Å². The highest BCUT2D eigenvalue weighted by Crippen LogP contribution is 2.37. The Kier molecular flexibility index (Phi) is 5.20. The summed E-state index contributed by atoms with van der Waals surface area (Å²) in [6.45, 7) is 8.00. The summed E-state index contributed by atoms with van der Waals surface area (Å²) in [6.07, 6.45) is 6.23. The van der Waals surface area contributed by atoms with Crippen LogP contribution in [0.1, 0.15) is 52.0 Å². The largest absolute Gasteiger partial charge is 0.313 e. The van der Waals surface area contributed by atoms with Crippen molar-refractivity contribution in [1.82, 2.24) is 5.32 Å². The van der Waals surface area contributed by atoms with E-state index >= 15 is 0 Å². The molecule has 1 aliphatic carbocycles. The quantitative estimate of drug-likeness (QED) is 0.850. The second kappa shape index (κ2) is 6.71. The van der Waals surface area contributed by atoms with Crippen LogP contribution in [0, 0.1) is 17.2 Å². The van der Waals surface area contributed by atoms with Gasteiger partial charge in [0.25, 0.3) is 0 Å². The molecule has 0 bridgehead atoms. The molecular formula is C18H28FN. The predicted octanol–water partition coefficient (Wildman–Crippen LogP) is 4.56. The van der Waals surface area contributed by atoms with E-state index in [1.165, 1.54) is 31.7 Å². The number of hydrogen-bond acceptors (Lipinski definition) is 1. The molecule has 1 nitrogen and oxygen atoms in total. The summed E-state index contributed by atoms with van der Waals surface area (Å²) >= 11 is 0. The Morgan fingerprint density at radius 2 is 1.95 bits per heavy atom. The van der Waals surface area contributed by atoms with Gasteiger partial charge in [-0.2, -0.15) is 0 Å². The Morgan fingerprint density at radius 1 is 1.20 bits per heavy atom. The molecule has 112 valence electrons. The van der Waals surface area contributed by atoms with Crippen molar-refractivity contribution in [2.75, 3.05) is 6.54 Å². The van der Waals surface area contributed by atoms with Crippen LogP contribution >= 0.6 is 0 Å². The summed E-state index contributed by atoms with van der Waals surface area (Å²) < 4.78 is 13.1. The summed E-state index contributed by atoms with van der Waals surface area (Å²) in [5.74, 6) is 0.622. The van der Waals surface area contributed by atoms with Crippen LogP contribution in [-0.4, -0.2) is 12.6 Å². The van der Waals surface area contributed by atoms with Gasteiger partial charge in [0.1, 0.15) is 5.82 Å². The van der Waals surface area contributed by atoms with Crippen molar-refractivity contribution in [1.29, 1.82) is 0 Å². The van der Waals surface area contributed by atoms with Gasteiger partial charge in [-0.05, 0) is 54.8 Å². The summed E-state index contributed by atoms with van der Waals surface area (Å²) in [6, 6.07) is 7.57. The van der Waals surface area contributed by atoms with Crippen LogP contribution in [0.25, 0.3) is 0 Å². The van der Waals surface area contributed by atoms with Gasteiger partial charge in [0.05, 0.1) is 0 Å². The Bertz CT molecular complexity index is 422. The Morgan fingerprint density at radius 3 is 2.65 bits per heavy atom.